The molecule has 0 spiro atoms. The van der Waals surface area contributed by atoms with Gasteiger partial charge in [-0.1, -0.05) is 42.5 Å². The van der Waals surface area contributed by atoms with Gasteiger partial charge in [-0.25, -0.2) is 0 Å². The number of carbonyl (C=O) groups excluding carboxylic acids is 2. The first-order valence-electron chi connectivity index (χ1n) is 10.0. The molecular formula is C23H29NO7S. The number of esters is 2. The molecule has 32 heavy (non-hydrogen) atoms. The molecule has 0 fully saturated rings. The van der Waals surface area contributed by atoms with Gasteiger partial charge in [0.1, 0.15) is 18.0 Å². The van der Waals surface area contributed by atoms with Crippen LogP contribution in [0.15, 0.2) is 54.6 Å². The Morgan fingerprint density at radius 1 is 0.969 bits per heavy atom. The molecule has 2 atom stereocenters. The van der Waals surface area contributed by atoms with E-state index in [4.69, 9.17) is 19.4 Å². The van der Waals surface area contributed by atoms with Crippen molar-refractivity contribution < 1.29 is 31.7 Å². The zero-order chi connectivity index (χ0) is 23.9. The summed E-state index contributed by atoms with van der Waals surface area (Å²) in [7, 11) is -3.70. The molecule has 0 amide bonds. The number of carbonyl (C=O) groups is 2. The second-order valence-electron chi connectivity index (χ2n) is 8.30. The summed E-state index contributed by atoms with van der Waals surface area (Å²) in [6, 6.07) is 14.9. The predicted molar refractivity (Wildman–Crippen MR) is 119 cm³/mol. The first kappa shape index (κ1) is 25.4. The fraction of sp³-hybridized carbons (Fsp3) is 0.391. The van der Waals surface area contributed by atoms with Crippen LogP contribution in [0.25, 0.3) is 0 Å². The summed E-state index contributed by atoms with van der Waals surface area (Å²) in [6.45, 7) is 5.04. The monoisotopic (exact) mass is 463 g/mol. The van der Waals surface area contributed by atoms with Gasteiger partial charge in [0.05, 0.1) is 18.1 Å². The largest absolute Gasteiger partial charge is 0.461 e. The fourth-order valence-corrected chi connectivity index (χ4v) is 3.47. The smallest absolute Gasteiger partial charge is 0.314 e. The number of hydrogen-bond acceptors (Lipinski definition) is 8. The van der Waals surface area contributed by atoms with E-state index in [2.05, 4.69) is 0 Å². The number of nitrogens with two attached hydrogens (primary N) is 1. The van der Waals surface area contributed by atoms with Crippen molar-refractivity contribution in [3.63, 3.8) is 0 Å². The Labute approximate surface area is 188 Å². The molecule has 174 valence electrons. The molecule has 0 bridgehead atoms. The Morgan fingerprint density at radius 2 is 1.56 bits per heavy atom. The SMILES string of the molecule is CC(C)(C)OC(=O)C(c1ccc(OS(C)(=O)=O)cc1)C(CN)C(=O)OCc1ccccc1. The van der Waals surface area contributed by atoms with Crippen LogP contribution in [0.3, 0.4) is 0 Å². The number of hydrogen-bond donors (Lipinski definition) is 1. The molecule has 0 heterocycles. The van der Waals surface area contributed by atoms with Gasteiger partial charge in [-0.3, -0.25) is 9.59 Å². The molecule has 0 aliphatic carbocycles. The second kappa shape index (κ2) is 10.6. The van der Waals surface area contributed by atoms with Crippen molar-refractivity contribution in [2.75, 3.05) is 12.8 Å². The van der Waals surface area contributed by atoms with E-state index in [9.17, 15) is 18.0 Å². The summed E-state index contributed by atoms with van der Waals surface area (Å²) in [4.78, 5) is 25.9. The van der Waals surface area contributed by atoms with Crippen LogP contribution in [0.2, 0.25) is 0 Å². The van der Waals surface area contributed by atoms with Crippen molar-refractivity contribution in [3.8, 4) is 5.75 Å². The van der Waals surface area contributed by atoms with Crippen LogP contribution in [0, 0.1) is 5.92 Å². The summed E-state index contributed by atoms with van der Waals surface area (Å²) < 4.78 is 38.5. The summed E-state index contributed by atoms with van der Waals surface area (Å²) in [5.74, 6) is -3.25. The average molecular weight is 464 g/mol. The van der Waals surface area contributed by atoms with Gasteiger partial charge in [-0.15, -0.1) is 0 Å². The molecule has 0 aromatic heterocycles. The van der Waals surface area contributed by atoms with Gasteiger partial charge >= 0.3 is 22.1 Å². The van der Waals surface area contributed by atoms with E-state index in [0.29, 0.717) is 5.56 Å². The summed E-state index contributed by atoms with van der Waals surface area (Å²) in [5.41, 5.74) is 6.32. The van der Waals surface area contributed by atoms with E-state index in [1.807, 2.05) is 30.3 Å². The number of benzene rings is 2. The molecule has 2 rings (SSSR count). The van der Waals surface area contributed by atoms with Gasteiger partial charge < -0.3 is 19.4 Å². The van der Waals surface area contributed by atoms with Crippen molar-refractivity contribution in [2.24, 2.45) is 11.7 Å². The molecule has 2 aromatic rings. The van der Waals surface area contributed by atoms with Crippen LogP contribution in [-0.2, 0) is 35.8 Å². The molecular weight excluding hydrogens is 434 g/mol. The average Bonchev–Trinajstić information content (AvgIpc) is 2.69. The zero-order valence-electron chi connectivity index (χ0n) is 18.6. The highest BCUT2D eigenvalue weighted by molar-refractivity contribution is 7.86. The van der Waals surface area contributed by atoms with Gasteiger partial charge in [0.2, 0.25) is 0 Å². The van der Waals surface area contributed by atoms with Crippen molar-refractivity contribution in [1.29, 1.82) is 0 Å². The lowest BCUT2D eigenvalue weighted by Crippen LogP contribution is -2.38. The third-order valence-corrected chi connectivity index (χ3v) is 4.83. The standard InChI is InChI=1S/C23H29NO7S/c1-23(2,3)30-22(26)20(17-10-12-18(13-11-17)31-32(4,27)28)19(14-24)21(25)29-15-16-8-6-5-7-9-16/h5-13,19-20H,14-15,24H2,1-4H3. The highest BCUT2D eigenvalue weighted by Gasteiger charge is 2.38. The van der Waals surface area contributed by atoms with E-state index in [-0.39, 0.29) is 18.9 Å². The quantitative estimate of drug-likeness (QED) is 0.445. The first-order chi connectivity index (χ1) is 14.9. The molecule has 8 nitrogen and oxygen atoms in total. The van der Waals surface area contributed by atoms with Crippen molar-refractivity contribution >= 4 is 22.1 Å². The molecule has 0 radical (unpaired) electrons. The Hall–Kier alpha value is -2.91. The minimum Gasteiger partial charge on any atom is -0.461 e. The van der Waals surface area contributed by atoms with Gasteiger partial charge in [-0.05, 0) is 44.0 Å². The maximum atomic E-state index is 13.0. The lowest BCUT2D eigenvalue weighted by Gasteiger charge is -2.28. The van der Waals surface area contributed by atoms with Crippen LogP contribution < -0.4 is 9.92 Å². The highest BCUT2D eigenvalue weighted by atomic mass is 32.2. The maximum absolute atomic E-state index is 13.0. The Bertz CT molecular complexity index is 1010. The zero-order valence-corrected chi connectivity index (χ0v) is 19.4. The van der Waals surface area contributed by atoms with E-state index in [1.54, 1.807) is 20.8 Å². The Kier molecular flexibility index (Phi) is 8.40. The minimum absolute atomic E-state index is 0.0400. The Morgan fingerprint density at radius 3 is 2.06 bits per heavy atom. The lowest BCUT2D eigenvalue weighted by molar-refractivity contribution is -0.164. The number of ether oxygens (including phenoxy) is 2. The van der Waals surface area contributed by atoms with Gasteiger partial charge in [0, 0.05) is 6.54 Å². The van der Waals surface area contributed by atoms with Crippen molar-refractivity contribution in [1.82, 2.24) is 0 Å². The van der Waals surface area contributed by atoms with Gasteiger partial charge in [0.25, 0.3) is 0 Å². The van der Waals surface area contributed by atoms with Crippen LogP contribution >= 0.6 is 0 Å². The van der Waals surface area contributed by atoms with Crippen LogP contribution in [-0.4, -0.2) is 38.8 Å². The van der Waals surface area contributed by atoms with E-state index < -0.39 is 39.5 Å². The third kappa shape index (κ3) is 7.97. The molecule has 0 aliphatic heterocycles. The topological polar surface area (TPSA) is 122 Å². The van der Waals surface area contributed by atoms with Crippen LogP contribution in [0.1, 0.15) is 37.8 Å². The summed E-state index contributed by atoms with van der Waals surface area (Å²) in [5, 5.41) is 0. The first-order valence-corrected chi connectivity index (χ1v) is 11.8. The predicted octanol–water partition coefficient (Wildman–Crippen LogP) is 2.77. The molecule has 2 aromatic carbocycles. The van der Waals surface area contributed by atoms with Crippen molar-refractivity contribution in [3.05, 3.63) is 65.7 Å². The van der Waals surface area contributed by atoms with Crippen LogP contribution in [0.5, 0.6) is 5.75 Å². The molecule has 0 saturated heterocycles. The molecule has 2 unspecified atom stereocenters. The molecule has 0 aliphatic rings. The molecule has 2 N–H and O–H groups in total. The van der Waals surface area contributed by atoms with Gasteiger partial charge in [0.15, 0.2) is 0 Å². The summed E-state index contributed by atoms with van der Waals surface area (Å²) in [6.07, 6.45) is 0.928. The fourth-order valence-electron chi connectivity index (χ4n) is 3.01. The molecule has 9 heteroatoms. The van der Waals surface area contributed by atoms with E-state index in [0.717, 1.165) is 11.8 Å². The maximum Gasteiger partial charge on any atom is 0.314 e. The summed E-state index contributed by atoms with van der Waals surface area (Å²) >= 11 is 0. The second-order valence-corrected chi connectivity index (χ2v) is 9.88. The third-order valence-electron chi connectivity index (χ3n) is 4.33. The molecule has 0 saturated carbocycles. The minimum atomic E-state index is -3.70. The lowest BCUT2D eigenvalue weighted by atomic mass is 9.85. The van der Waals surface area contributed by atoms with Gasteiger partial charge in [-0.2, -0.15) is 8.42 Å². The van der Waals surface area contributed by atoms with E-state index in [1.165, 1.54) is 24.3 Å². The van der Waals surface area contributed by atoms with E-state index >= 15 is 0 Å². The Balaban J connectivity index is 2.31. The van der Waals surface area contributed by atoms with Crippen LogP contribution in [0.4, 0.5) is 0 Å². The normalized spacial score (nSPS) is 13.7. The highest BCUT2D eigenvalue weighted by Crippen LogP contribution is 2.30. The van der Waals surface area contributed by atoms with Crippen molar-refractivity contribution in [2.45, 2.75) is 38.9 Å². The number of rotatable bonds is 9.